The summed E-state index contributed by atoms with van der Waals surface area (Å²) in [6.07, 6.45) is 2.12. The second-order valence-electron chi connectivity index (χ2n) is 9.82. The molecule has 0 aliphatic carbocycles. The Labute approximate surface area is 210 Å². The molecule has 3 nitrogen and oxygen atoms in total. The first-order valence-electron chi connectivity index (χ1n) is 12.5. The SMILES string of the molecule is Cc1cccc(Cn2cccc2CN(C(=O)C(c2ccccc2)c2ccccc2)C(C)C(C)C)c1. The second-order valence-corrected chi connectivity index (χ2v) is 9.82. The zero-order valence-corrected chi connectivity index (χ0v) is 21.3. The second kappa shape index (κ2) is 11.2. The molecule has 0 fully saturated rings. The molecular formula is C32H36N2O. The van der Waals surface area contributed by atoms with Gasteiger partial charge in [-0.1, -0.05) is 104 Å². The number of amides is 1. The zero-order chi connectivity index (χ0) is 24.8. The van der Waals surface area contributed by atoms with Crippen LogP contribution in [0.2, 0.25) is 0 Å². The van der Waals surface area contributed by atoms with Crippen LogP contribution in [0, 0.1) is 12.8 Å². The number of hydrogen-bond acceptors (Lipinski definition) is 1. The van der Waals surface area contributed by atoms with E-state index in [-0.39, 0.29) is 17.9 Å². The van der Waals surface area contributed by atoms with E-state index in [2.05, 4.69) is 104 Å². The van der Waals surface area contributed by atoms with Gasteiger partial charge in [0, 0.05) is 24.5 Å². The van der Waals surface area contributed by atoms with Crippen molar-refractivity contribution in [2.45, 2.75) is 52.7 Å². The van der Waals surface area contributed by atoms with Crippen molar-refractivity contribution in [2.24, 2.45) is 5.92 Å². The predicted octanol–water partition coefficient (Wildman–Crippen LogP) is 7.05. The lowest BCUT2D eigenvalue weighted by Gasteiger charge is -2.35. The van der Waals surface area contributed by atoms with Crippen molar-refractivity contribution in [1.82, 2.24) is 9.47 Å². The van der Waals surface area contributed by atoms with Gasteiger partial charge in [-0.3, -0.25) is 4.79 Å². The van der Waals surface area contributed by atoms with Crippen molar-refractivity contribution in [2.75, 3.05) is 0 Å². The van der Waals surface area contributed by atoms with Crippen molar-refractivity contribution in [3.05, 3.63) is 131 Å². The highest BCUT2D eigenvalue weighted by molar-refractivity contribution is 5.87. The third-order valence-electron chi connectivity index (χ3n) is 6.94. The fourth-order valence-electron chi connectivity index (χ4n) is 4.65. The molecule has 1 heterocycles. The lowest BCUT2D eigenvalue weighted by Crippen LogP contribution is -2.44. The first-order valence-corrected chi connectivity index (χ1v) is 12.5. The molecule has 1 unspecified atom stereocenters. The van der Waals surface area contributed by atoms with Gasteiger partial charge in [0.25, 0.3) is 0 Å². The molecule has 1 aromatic heterocycles. The molecule has 0 aliphatic rings. The molecular weight excluding hydrogens is 428 g/mol. The summed E-state index contributed by atoms with van der Waals surface area (Å²) < 4.78 is 2.27. The van der Waals surface area contributed by atoms with Gasteiger partial charge in [-0.25, -0.2) is 0 Å². The van der Waals surface area contributed by atoms with E-state index in [0.717, 1.165) is 23.4 Å². The van der Waals surface area contributed by atoms with Crippen LogP contribution in [0.25, 0.3) is 0 Å². The fourth-order valence-corrected chi connectivity index (χ4v) is 4.65. The molecule has 1 atom stereocenters. The Bertz CT molecular complexity index is 1190. The highest BCUT2D eigenvalue weighted by Gasteiger charge is 2.31. The first kappa shape index (κ1) is 24.5. The van der Waals surface area contributed by atoms with Gasteiger partial charge in [0.2, 0.25) is 5.91 Å². The van der Waals surface area contributed by atoms with Crippen LogP contribution < -0.4 is 0 Å². The molecule has 0 spiro atoms. The highest BCUT2D eigenvalue weighted by Crippen LogP contribution is 2.30. The number of hydrogen-bond donors (Lipinski definition) is 0. The Morgan fingerprint density at radius 3 is 2.00 bits per heavy atom. The Morgan fingerprint density at radius 2 is 1.43 bits per heavy atom. The third-order valence-corrected chi connectivity index (χ3v) is 6.94. The molecule has 180 valence electrons. The van der Waals surface area contributed by atoms with Crippen LogP contribution in [0.1, 0.15) is 54.6 Å². The van der Waals surface area contributed by atoms with Gasteiger partial charge in [0.15, 0.2) is 0 Å². The molecule has 0 bridgehead atoms. The summed E-state index contributed by atoms with van der Waals surface area (Å²) >= 11 is 0. The van der Waals surface area contributed by atoms with Gasteiger partial charge in [-0.05, 0) is 48.6 Å². The quantitative estimate of drug-likeness (QED) is 0.260. The number of carbonyl (C=O) groups is 1. The largest absolute Gasteiger partial charge is 0.345 e. The summed E-state index contributed by atoms with van der Waals surface area (Å²) in [5, 5.41) is 0. The minimum atomic E-state index is -0.334. The molecule has 0 saturated heterocycles. The molecule has 3 aromatic carbocycles. The van der Waals surface area contributed by atoms with E-state index in [1.807, 2.05) is 36.4 Å². The average Bonchev–Trinajstić information content (AvgIpc) is 3.30. The normalized spacial score (nSPS) is 12.2. The minimum Gasteiger partial charge on any atom is -0.345 e. The molecule has 35 heavy (non-hydrogen) atoms. The van der Waals surface area contributed by atoms with E-state index in [1.165, 1.54) is 11.1 Å². The maximum atomic E-state index is 14.3. The molecule has 0 radical (unpaired) electrons. The van der Waals surface area contributed by atoms with Gasteiger partial charge in [0.1, 0.15) is 0 Å². The number of rotatable bonds is 9. The zero-order valence-electron chi connectivity index (χ0n) is 21.3. The summed E-state index contributed by atoms with van der Waals surface area (Å²) in [7, 11) is 0. The van der Waals surface area contributed by atoms with Crippen LogP contribution >= 0.6 is 0 Å². The van der Waals surface area contributed by atoms with Gasteiger partial charge < -0.3 is 9.47 Å². The van der Waals surface area contributed by atoms with Gasteiger partial charge in [-0.15, -0.1) is 0 Å². The van der Waals surface area contributed by atoms with Gasteiger partial charge in [0.05, 0.1) is 12.5 Å². The molecule has 4 rings (SSSR count). The summed E-state index contributed by atoms with van der Waals surface area (Å²) in [5.74, 6) is 0.150. The van der Waals surface area contributed by atoms with E-state index < -0.39 is 0 Å². The van der Waals surface area contributed by atoms with Crippen molar-refractivity contribution in [3.63, 3.8) is 0 Å². The molecule has 3 heteroatoms. The Kier molecular flexibility index (Phi) is 7.87. The Hall–Kier alpha value is -3.59. The highest BCUT2D eigenvalue weighted by atomic mass is 16.2. The van der Waals surface area contributed by atoms with E-state index in [1.54, 1.807) is 0 Å². The van der Waals surface area contributed by atoms with Crippen LogP contribution in [0.3, 0.4) is 0 Å². The molecule has 1 amide bonds. The monoisotopic (exact) mass is 464 g/mol. The topological polar surface area (TPSA) is 25.2 Å². The van der Waals surface area contributed by atoms with Gasteiger partial charge in [-0.2, -0.15) is 0 Å². The number of nitrogens with zero attached hydrogens (tertiary/aromatic N) is 2. The Balaban J connectivity index is 1.68. The van der Waals surface area contributed by atoms with E-state index in [4.69, 9.17) is 0 Å². The number of carbonyl (C=O) groups excluding carboxylic acids is 1. The molecule has 0 aliphatic heterocycles. The fraction of sp³-hybridized carbons (Fsp3) is 0.281. The van der Waals surface area contributed by atoms with Crippen LogP contribution in [0.4, 0.5) is 0 Å². The van der Waals surface area contributed by atoms with Crippen LogP contribution in [0.15, 0.2) is 103 Å². The molecule has 0 N–H and O–H groups in total. The molecule has 4 aromatic rings. The standard InChI is InChI=1S/C32H36N2O/c1-24(2)26(4)34(23-30-19-12-20-33(30)22-27-14-11-13-25(3)21-27)32(35)31(28-15-7-5-8-16-28)29-17-9-6-10-18-29/h5-21,24,26,31H,22-23H2,1-4H3. The molecule has 0 saturated carbocycles. The number of aryl methyl sites for hydroxylation is 1. The van der Waals surface area contributed by atoms with Crippen LogP contribution in [-0.2, 0) is 17.9 Å². The number of aromatic nitrogens is 1. The first-order chi connectivity index (χ1) is 16.9. The third kappa shape index (κ3) is 5.92. The lowest BCUT2D eigenvalue weighted by molar-refractivity contribution is -0.135. The summed E-state index contributed by atoms with van der Waals surface area (Å²) in [6, 6.07) is 33.3. The summed E-state index contributed by atoms with van der Waals surface area (Å²) in [4.78, 5) is 16.4. The predicted molar refractivity (Wildman–Crippen MR) is 144 cm³/mol. The minimum absolute atomic E-state index is 0.0970. The van der Waals surface area contributed by atoms with Crippen molar-refractivity contribution in [1.29, 1.82) is 0 Å². The Morgan fingerprint density at radius 1 is 0.800 bits per heavy atom. The van der Waals surface area contributed by atoms with E-state index >= 15 is 0 Å². The summed E-state index contributed by atoms with van der Waals surface area (Å²) in [6.45, 7) is 10.0. The van der Waals surface area contributed by atoms with E-state index in [0.29, 0.717) is 12.5 Å². The average molecular weight is 465 g/mol. The maximum Gasteiger partial charge on any atom is 0.235 e. The maximum absolute atomic E-state index is 14.3. The van der Waals surface area contributed by atoms with Crippen LogP contribution in [-0.4, -0.2) is 21.4 Å². The van der Waals surface area contributed by atoms with E-state index in [9.17, 15) is 4.79 Å². The van der Waals surface area contributed by atoms with Gasteiger partial charge >= 0.3 is 0 Å². The smallest absolute Gasteiger partial charge is 0.235 e. The van der Waals surface area contributed by atoms with Crippen LogP contribution in [0.5, 0.6) is 0 Å². The van der Waals surface area contributed by atoms with Crippen molar-refractivity contribution >= 4 is 5.91 Å². The lowest BCUT2D eigenvalue weighted by atomic mass is 9.89. The van der Waals surface area contributed by atoms with Crippen molar-refractivity contribution in [3.8, 4) is 0 Å². The number of benzene rings is 3. The van der Waals surface area contributed by atoms with Crippen molar-refractivity contribution < 1.29 is 4.79 Å². The summed E-state index contributed by atoms with van der Waals surface area (Å²) in [5.41, 5.74) is 5.73.